The van der Waals surface area contributed by atoms with Crippen molar-refractivity contribution in [3.05, 3.63) is 41.1 Å². The van der Waals surface area contributed by atoms with Gasteiger partial charge in [0.05, 0.1) is 24.1 Å². The summed E-state index contributed by atoms with van der Waals surface area (Å²) in [5.74, 6) is -2.88. The van der Waals surface area contributed by atoms with E-state index in [0.29, 0.717) is 42.6 Å². The van der Waals surface area contributed by atoms with Crippen molar-refractivity contribution in [2.45, 2.75) is 69.9 Å². The van der Waals surface area contributed by atoms with E-state index in [1.807, 2.05) is 6.07 Å². The monoisotopic (exact) mass is 528 g/mol. The Bertz CT molecular complexity index is 1340. The number of halogens is 2. The van der Waals surface area contributed by atoms with Crippen LogP contribution < -0.4 is 10.6 Å². The second-order valence-corrected chi connectivity index (χ2v) is 10.9. The Morgan fingerprint density at radius 1 is 1.26 bits per heavy atom. The van der Waals surface area contributed by atoms with Crippen molar-refractivity contribution in [2.75, 3.05) is 13.1 Å². The molecule has 2 aliphatic carbocycles. The second kappa shape index (κ2) is 9.59. The zero-order valence-electron chi connectivity index (χ0n) is 21.1. The molecule has 6 rings (SSSR count). The first-order valence-electron chi connectivity index (χ1n) is 13.1. The van der Waals surface area contributed by atoms with Crippen LogP contribution in [0.3, 0.4) is 0 Å². The minimum absolute atomic E-state index is 0.114. The Labute approximate surface area is 217 Å². The van der Waals surface area contributed by atoms with Gasteiger partial charge in [-0.15, -0.1) is 0 Å². The number of fused-ring (bicyclic) bond motifs is 1. The Morgan fingerprint density at radius 2 is 2.05 bits per heavy atom. The molecule has 1 aliphatic heterocycles. The van der Waals surface area contributed by atoms with Crippen LogP contribution in [0, 0.1) is 11.8 Å². The highest BCUT2D eigenvalue weighted by molar-refractivity contribution is 5.93. The smallest absolute Gasteiger partial charge is 0.317 e. The number of alkyl halides is 2. The maximum atomic E-state index is 14.0. The summed E-state index contributed by atoms with van der Waals surface area (Å²) in [5.41, 5.74) is 2.57. The van der Waals surface area contributed by atoms with E-state index >= 15 is 0 Å². The number of carbonyl (C=O) groups excluding carboxylic acids is 2. The maximum absolute atomic E-state index is 14.0. The standard InChI is InChI=1S/C25H30F2N8O3/c1-14-9-28-24(37)34(11-14)12-15-8-19-30-18(13-35(19)29-10-15)20(17-4-6-25(26,27)7-5-17)31-23(36)22-21(16-2-3-16)32-38-33-22/h8,10,13-14,16-17,20H,2-7,9,11-12H2,1H3,(H,28,37)(H,31,36)/t14-,20+/m1/s1. The molecular formula is C25H30F2N8O3. The lowest BCUT2D eigenvalue weighted by atomic mass is 9.81. The van der Waals surface area contributed by atoms with Gasteiger partial charge in [-0.05, 0) is 54.3 Å². The van der Waals surface area contributed by atoms with Crippen molar-refractivity contribution in [1.82, 2.24) is 40.4 Å². The Balaban J connectivity index is 1.26. The quantitative estimate of drug-likeness (QED) is 0.480. The summed E-state index contributed by atoms with van der Waals surface area (Å²) in [6, 6.07) is 1.13. The summed E-state index contributed by atoms with van der Waals surface area (Å²) in [6.07, 6.45) is 5.27. The van der Waals surface area contributed by atoms with Gasteiger partial charge in [0.1, 0.15) is 5.69 Å². The number of carbonyl (C=O) groups is 2. The van der Waals surface area contributed by atoms with Gasteiger partial charge in [-0.25, -0.2) is 27.7 Å². The lowest BCUT2D eigenvalue weighted by Gasteiger charge is -2.33. The van der Waals surface area contributed by atoms with E-state index in [4.69, 9.17) is 9.61 Å². The van der Waals surface area contributed by atoms with E-state index in [-0.39, 0.29) is 49.2 Å². The fraction of sp³-hybridized carbons (Fsp3) is 0.600. The molecule has 0 unspecified atom stereocenters. The van der Waals surface area contributed by atoms with Gasteiger partial charge in [0, 0.05) is 38.4 Å². The highest BCUT2D eigenvalue weighted by atomic mass is 19.3. The first kappa shape index (κ1) is 24.7. The molecule has 2 saturated carbocycles. The van der Waals surface area contributed by atoms with E-state index in [9.17, 15) is 18.4 Å². The molecule has 0 radical (unpaired) electrons. The lowest BCUT2D eigenvalue weighted by Crippen LogP contribution is -2.49. The zero-order chi connectivity index (χ0) is 26.4. The molecule has 3 amide bonds. The van der Waals surface area contributed by atoms with Crippen molar-refractivity contribution in [2.24, 2.45) is 11.8 Å². The van der Waals surface area contributed by atoms with E-state index in [0.717, 1.165) is 18.4 Å². The van der Waals surface area contributed by atoms with Crippen LogP contribution in [-0.4, -0.2) is 60.8 Å². The van der Waals surface area contributed by atoms with Crippen LogP contribution in [0.4, 0.5) is 13.6 Å². The number of aromatic nitrogens is 5. The van der Waals surface area contributed by atoms with Crippen LogP contribution in [0.15, 0.2) is 23.1 Å². The number of nitrogens with one attached hydrogen (secondary N) is 2. The molecule has 3 aliphatic rings. The molecule has 3 aromatic rings. The molecule has 3 fully saturated rings. The molecule has 13 heteroatoms. The van der Waals surface area contributed by atoms with Crippen LogP contribution >= 0.6 is 0 Å². The number of hydrogen-bond donors (Lipinski definition) is 2. The fourth-order valence-corrected chi connectivity index (χ4v) is 5.44. The topological polar surface area (TPSA) is 131 Å². The third-order valence-corrected chi connectivity index (χ3v) is 7.72. The first-order valence-corrected chi connectivity index (χ1v) is 13.1. The van der Waals surface area contributed by atoms with Gasteiger partial charge in [0.15, 0.2) is 11.3 Å². The second-order valence-electron chi connectivity index (χ2n) is 10.9. The predicted molar refractivity (Wildman–Crippen MR) is 129 cm³/mol. The Hall–Kier alpha value is -3.64. The molecule has 202 valence electrons. The van der Waals surface area contributed by atoms with Crippen LogP contribution in [0.2, 0.25) is 0 Å². The van der Waals surface area contributed by atoms with Gasteiger partial charge in [0.2, 0.25) is 5.92 Å². The van der Waals surface area contributed by atoms with Crippen molar-refractivity contribution < 1.29 is 23.0 Å². The molecule has 2 atom stereocenters. The molecule has 3 aromatic heterocycles. The van der Waals surface area contributed by atoms with Gasteiger partial charge in [0.25, 0.3) is 5.91 Å². The summed E-state index contributed by atoms with van der Waals surface area (Å²) >= 11 is 0. The summed E-state index contributed by atoms with van der Waals surface area (Å²) < 4.78 is 34.4. The number of imidazole rings is 1. The molecule has 1 saturated heterocycles. The van der Waals surface area contributed by atoms with Crippen molar-refractivity contribution >= 4 is 17.6 Å². The summed E-state index contributed by atoms with van der Waals surface area (Å²) in [5, 5.41) is 18.1. The summed E-state index contributed by atoms with van der Waals surface area (Å²) in [4.78, 5) is 32.0. The average molecular weight is 529 g/mol. The number of nitrogens with zero attached hydrogens (tertiary/aromatic N) is 6. The Morgan fingerprint density at radius 3 is 2.82 bits per heavy atom. The number of hydrogen-bond acceptors (Lipinski definition) is 7. The number of rotatable bonds is 7. The van der Waals surface area contributed by atoms with Crippen LogP contribution in [0.25, 0.3) is 5.65 Å². The third-order valence-electron chi connectivity index (χ3n) is 7.72. The molecule has 2 N–H and O–H groups in total. The third kappa shape index (κ3) is 5.05. The molecular weight excluding hydrogens is 498 g/mol. The predicted octanol–water partition coefficient (Wildman–Crippen LogP) is 3.45. The van der Waals surface area contributed by atoms with E-state index in [2.05, 4.69) is 33.0 Å². The molecule has 4 heterocycles. The summed E-state index contributed by atoms with van der Waals surface area (Å²) in [6.45, 7) is 3.77. The van der Waals surface area contributed by atoms with Crippen LogP contribution in [0.1, 0.15) is 84.8 Å². The van der Waals surface area contributed by atoms with E-state index in [1.54, 1.807) is 21.8 Å². The minimum atomic E-state index is -2.70. The average Bonchev–Trinajstić information content (AvgIpc) is 3.45. The fourth-order valence-electron chi connectivity index (χ4n) is 5.44. The molecule has 0 aromatic carbocycles. The largest absolute Gasteiger partial charge is 0.342 e. The van der Waals surface area contributed by atoms with Crippen LogP contribution in [-0.2, 0) is 6.54 Å². The summed E-state index contributed by atoms with van der Waals surface area (Å²) in [7, 11) is 0. The number of urea groups is 1. The molecule has 11 nitrogen and oxygen atoms in total. The SMILES string of the molecule is C[C@@H]1CNC(=O)N(Cc2cnn3cc([C@@H](NC(=O)c4nonc4C4CC4)C4CCC(F)(F)CC4)nc3c2)C1. The number of amides is 3. The maximum Gasteiger partial charge on any atom is 0.317 e. The molecule has 0 bridgehead atoms. The zero-order valence-corrected chi connectivity index (χ0v) is 21.1. The minimum Gasteiger partial charge on any atom is -0.342 e. The van der Waals surface area contributed by atoms with Gasteiger partial charge in [-0.1, -0.05) is 12.1 Å². The van der Waals surface area contributed by atoms with E-state index in [1.165, 1.54) is 0 Å². The molecule has 0 spiro atoms. The van der Waals surface area contributed by atoms with Gasteiger partial charge in [-0.3, -0.25) is 4.79 Å². The van der Waals surface area contributed by atoms with Gasteiger partial charge >= 0.3 is 6.03 Å². The molecule has 38 heavy (non-hydrogen) atoms. The van der Waals surface area contributed by atoms with Gasteiger partial charge in [-0.2, -0.15) is 5.10 Å². The Kier molecular flexibility index (Phi) is 6.23. The van der Waals surface area contributed by atoms with Crippen molar-refractivity contribution in [3.63, 3.8) is 0 Å². The van der Waals surface area contributed by atoms with Gasteiger partial charge < -0.3 is 15.5 Å². The highest BCUT2D eigenvalue weighted by Crippen LogP contribution is 2.42. The highest BCUT2D eigenvalue weighted by Gasteiger charge is 2.40. The van der Waals surface area contributed by atoms with Crippen LogP contribution in [0.5, 0.6) is 0 Å². The van der Waals surface area contributed by atoms with E-state index < -0.39 is 17.9 Å². The van der Waals surface area contributed by atoms with Crippen molar-refractivity contribution in [3.8, 4) is 0 Å². The van der Waals surface area contributed by atoms with Crippen molar-refractivity contribution in [1.29, 1.82) is 0 Å². The normalized spacial score (nSPS) is 22.9. The lowest BCUT2D eigenvalue weighted by molar-refractivity contribution is -0.0495. The first-order chi connectivity index (χ1) is 18.3.